The van der Waals surface area contributed by atoms with Crippen LogP contribution in [0.3, 0.4) is 0 Å². The molecule has 10 aromatic carbocycles. The van der Waals surface area contributed by atoms with Crippen molar-refractivity contribution < 1.29 is 0 Å². The normalized spacial score (nSPS) is 12.4. The van der Waals surface area contributed by atoms with Gasteiger partial charge in [-0.15, -0.1) is 0 Å². The van der Waals surface area contributed by atoms with Crippen LogP contribution in [0.1, 0.15) is 0 Å². The molecule has 0 atom stereocenters. The first kappa shape index (κ1) is 26.3. The van der Waals surface area contributed by atoms with Gasteiger partial charge >= 0.3 is 0 Å². The van der Waals surface area contributed by atoms with E-state index in [1.807, 2.05) is 24.8 Å². The molecule has 0 fully saturated rings. The third-order valence-electron chi connectivity index (χ3n) is 11.3. The van der Waals surface area contributed by atoms with Crippen LogP contribution in [-0.2, 0) is 0 Å². The summed E-state index contributed by atoms with van der Waals surface area (Å²) in [6.45, 7) is 0. The molecule has 0 saturated carbocycles. The standard InChI is InChI=1S/C48H26N2/c1-3-29-5-7-31-9-11-33-13-15-35-17-19-37-20-18-36-16-14-34-12-10-32-8-6-30-4-2-28-22-24-50-26-39(28)41(30)43(32)45(34)47(36)48(37)46(35)44(33)42(31)40(29)38-25-49-23-21-27(1)38/h1-26H. The molecule has 2 heteroatoms. The predicted octanol–water partition coefficient (Wildman–Crippen LogP) is 13.2. The summed E-state index contributed by atoms with van der Waals surface area (Å²) in [5.74, 6) is 0. The zero-order valence-corrected chi connectivity index (χ0v) is 26.9. The second-order valence-electron chi connectivity index (χ2n) is 13.7. The van der Waals surface area contributed by atoms with Crippen LogP contribution in [0.2, 0.25) is 0 Å². The van der Waals surface area contributed by atoms with Gasteiger partial charge in [-0.1, -0.05) is 121 Å². The molecule has 0 aliphatic rings. The van der Waals surface area contributed by atoms with Gasteiger partial charge in [0.1, 0.15) is 0 Å². The van der Waals surface area contributed by atoms with Crippen LogP contribution in [0.25, 0.3) is 118 Å². The lowest BCUT2D eigenvalue weighted by atomic mass is 9.86. The SMILES string of the molecule is c1cc2ccc3ccc4ccc5ccc6ccc7ccc8ccc9ccc%10ccc%11ccc%12ccncc%12c%11c%10c9c8c7c6c5c4c3c2cn1. The van der Waals surface area contributed by atoms with E-state index in [0.717, 1.165) is 0 Å². The second-order valence-corrected chi connectivity index (χ2v) is 13.7. The fourth-order valence-electron chi connectivity index (χ4n) is 9.08. The third kappa shape index (κ3) is 3.37. The molecule has 2 heterocycles. The Morgan fingerprint density at radius 2 is 0.400 bits per heavy atom. The number of aromatic nitrogens is 2. The quantitative estimate of drug-likeness (QED) is 0.156. The Morgan fingerprint density at radius 3 is 0.660 bits per heavy atom. The average molecular weight is 631 g/mol. The summed E-state index contributed by atoms with van der Waals surface area (Å²) in [4.78, 5) is 9.22. The van der Waals surface area contributed by atoms with Crippen LogP contribution in [0.4, 0.5) is 0 Å². The average Bonchev–Trinajstić information content (AvgIpc) is 3.19. The molecule has 0 radical (unpaired) electrons. The van der Waals surface area contributed by atoms with Crippen LogP contribution in [0.15, 0.2) is 158 Å². The molecule has 0 unspecified atom stereocenters. The fourth-order valence-corrected chi connectivity index (χ4v) is 9.08. The molecule has 0 aliphatic heterocycles. The molecule has 0 spiro atoms. The maximum absolute atomic E-state index is 4.61. The first-order chi connectivity index (χ1) is 24.8. The van der Waals surface area contributed by atoms with Crippen molar-refractivity contribution in [3.8, 4) is 0 Å². The highest BCUT2D eigenvalue weighted by molar-refractivity contribution is 6.42. The Kier molecular flexibility index (Phi) is 5.00. The summed E-state index contributed by atoms with van der Waals surface area (Å²) in [7, 11) is 0. The summed E-state index contributed by atoms with van der Waals surface area (Å²) in [6.07, 6.45) is 7.87. The number of hydrogen-bond donors (Lipinski definition) is 0. The van der Waals surface area contributed by atoms with Crippen molar-refractivity contribution in [3.63, 3.8) is 0 Å². The molecule has 0 N–H and O–H groups in total. The lowest BCUT2D eigenvalue weighted by Crippen LogP contribution is -1.89. The molecule has 12 aromatic rings. The van der Waals surface area contributed by atoms with Gasteiger partial charge in [-0.05, 0) is 120 Å². The highest BCUT2D eigenvalue weighted by Crippen LogP contribution is 2.46. The molecule has 0 bridgehead atoms. The minimum absolute atomic E-state index is 1.19. The van der Waals surface area contributed by atoms with Crippen molar-refractivity contribution in [1.29, 1.82) is 0 Å². The first-order valence-electron chi connectivity index (χ1n) is 17.2. The van der Waals surface area contributed by atoms with Gasteiger partial charge < -0.3 is 0 Å². The van der Waals surface area contributed by atoms with Gasteiger partial charge in [0.25, 0.3) is 0 Å². The maximum atomic E-state index is 4.61. The van der Waals surface area contributed by atoms with Crippen molar-refractivity contribution in [3.05, 3.63) is 158 Å². The van der Waals surface area contributed by atoms with Gasteiger partial charge in [0.2, 0.25) is 0 Å². The van der Waals surface area contributed by atoms with Crippen LogP contribution in [0, 0.1) is 0 Å². The van der Waals surface area contributed by atoms with E-state index in [1.54, 1.807) is 0 Å². The lowest BCUT2D eigenvalue weighted by Gasteiger charge is -2.17. The van der Waals surface area contributed by atoms with Gasteiger partial charge in [0.05, 0.1) is 0 Å². The summed E-state index contributed by atoms with van der Waals surface area (Å²) < 4.78 is 0. The Hall–Kier alpha value is -6.64. The molecule has 2 nitrogen and oxygen atoms in total. The van der Waals surface area contributed by atoms with E-state index in [-0.39, 0.29) is 0 Å². The molecular weight excluding hydrogens is 605 g/mol. The minimum Gasteiger partial charge on any atom is -0.264 e. The van der Waals surface area contributed by atoms with Gasteiger partial charge in [0.15, 0.2) is 0 Å². The van der Waals surface area contributed by atoms with Gasteiger partial charge in [-0.2, -0.15) is 0 Å². The molecule has 0 aliphatic carbocycles. The molecule has 50 heavy (non-hydrogen) atoms. The highest BCUT2D eigenvalue weighted by atomic mass is 14.6. The number of benzene rings is 10. The Balaban J connectivity index is 1.42. The molecule has 12 rings (SSSR count). The van der Waals surface area contributed by atoms with E-state index in [1.165, 1.54) is 118 Å². The zero-order valence-electron chi connectivity index (χ0n) is 26.9. The van der Waals surface area contributed by atoms with Crippen molar-refractivity contribution in [2.75, 3.05) is 0 Å². The highest BCUT2D eigenvalue weighted by Gasteiger charge is 2.18. The smallest absolute Gasteiger partial charge is 0.0352 e. The minimum atomic E-state index is 1.19. The molecule has 2 aromatic heterocycles. The van der Waals surface area contributed by atoms with Gasteiger partial charge in [-0.25, -0.2) is 0 Å². The second kappa shape index (κ2) is 9.49. The van der Waals surface area contributed by atoms with Crippen molar-refractivity contribution in [2.45, 2.75) is 0 Å². The number of nitrogens with zero attached hydrogens (tertiary/aromatic N) is 2. The van der Waals surface area contributed by atoms with E-state index in [0.29, 0.717) is 0 Å². The molecular formula is C48H26N2. The lowest BCUT2D eigenvalue weighted by molar-refractivity contribution is 1.37. The summed E-state index contributed by atoms with van der Waals surface area (Å²) >= 11 is 0. The van der Waals surface area contributed by atoms with Crippen LogP contribution < -0.4 is 0 Å². The maximum Gasteiger partial charge on any atom is 0.0352 e. The van der Waals surface area contributed by atoms with E-state index < -0.39 is 0 Å². The van der Waals surface area contributed by atoms with E-state index >= 15 is 0 Å². The first-order valence-corrected chi connectivity index (χ1v) is 17.2. The van der Waals surface area contributed by atoms with Crippen molar-refractivity contribution in [1.82, 2.24) is 9.97 Å². The van der Waals surface area contributed by atoms with Crippen molar-refractivity contribution in [2.24, 2.45) is 0 Å². The Bertz CT molecular complexity index is 3220. The number of pyridine rings is 2. The van der Waals surface area contributed by atoms with Crippen molar-refractivity contribution >= 4 is 118 Å². The molecule has 228 valence electrons. The van der Waals surface area contributed by atoms with Gasteiger partial charge in [-0.3, -0.25) is 9.97 Å². The largest absolute Gasteiger partial charge is 0.264 e. The van der Waals surface area contributed by atoms with E-state index in [2.05, 4.69) is 143 Å². The fraction of sp³-hybridized carbons (Fsp3) is 0. The predicted molar refractivity (Wildman–Crippen MR) is 215 cm³/mol. The van der Waals surface area contributed by atoms with Crippen LogP contribution in [0.5, 0.6) is 0 Å². The van der Waals surface area contributed by atoms with Crippen LogP contribution >= 0.6 is 0 Å². The van der Waals surface area contributed by atoms with Crippen LogP contribution in [-0.4, -0.2) is 9.97 Å². The summed E-state index contributed by atoms with van der Waals surface area (Å²) in [6, 6.07) is 50.0. The Labute approximate surface area is 285 Å². The summed E-state index contributed by atoms with van der Waals surface area (Å²) in [5.41, 5.74) is 0. The van der Waals surface area contributed by atoms with E-state index in [4.69, 9.17) is 0 Å². The number of hydrogen-bond acceptors (Lipinski definition) is 2. The van der Waals surface area contributed by atoms with E-state index in [9.17, 15) is 0 Å². The third-order valence-corrected chi connectivity index (χ3v) is 11.3. The number of fused-ring (bicyclic) bond motifs is 21. The Morgan fingerprint density at radius 1 is 0.200 bits per heavy atom. The van der Waals surface area contributed by atoms with Gasteiger partial charge in [0, 0.05) is 35.6 Å². The monoisotopic (exact) mass is 630 g/mol. The zero-order chi connectivity index (χ0) is 32.5. The summed E-state index contributed by atoms with van der Waals surface area (Å²) in [5, 5.41) is 27.6. The molecule has 0 amide bonds. The molecule has 0 saturated heterocycles. The topological polar surface area (TPSA) is 25.8 Å². The number of rotatable bonds is 0.